The number of hydrogen-bond acceptors (Lipinski definition) is 1. The Morgan fingerprint density at radius 3 is 2.25 bits per heavy atom. The molecule has 83 valence electrons. The van der Waals surface area contributed by atoms with Gasteiger partial charge in [-0.1, -0.05) is 12.0 Å². The van der Waals surface area contributed by atoms with E-state index in [2.05, 4.69) is 5.92 Å². The first-order valence-corrected chi connectivity index (χ1v) is 5.41. The lowest BCUT2D eigenvalue weighted by Crippen LogP contribution is -2.41. The standard InChI is InChI=1S/C14H16NO/c1-6-10-7-8-11-12(9-10)14(4,5)15(16)13(11,2)3/h1,7-9H,2-5H3. The molecule has 1 aliphatic rings. The lowest BCUT2D eigenvalue weighted by atomic mass is 9.89. The first-order chi connectivity index (χ1) is 7.31. The molecule has 1 aromatic rings. The van der Waals surface area contributed by atoms with E-state index in [0.717, 1.165) is 21.8 Å². The summed E-state index contributed by atoms with van der Waals surface area (Å²) in [7, 11) is 0. The van der Waals surface area contributed by atoms with E-state index in [0.29, 0.717) is 0 Å². The number of hydrogen-bond donors (Lipinski definition) is 0. The Kier molecular flexibility index (Phi) is 2.17. The number of hydroxylamine groups is 2. The van der Waals surface area contributed by atoms with Crippen molar-refractivity contribution < 1.29 is 5.21 Å². The van der Waals surface area contributed by atoms with E-state index in [4.69, 9.17) is 6.42 Å². The van der Waals surface area contributed by atoms with Crippen LogP contribution >= 0.6 is 0 Å². The molecule has 0 atom stereocenters. The quantitative estimate of drug-likeness (QED) is 0.609. The molecule has 0 aromatic heterocycles. The zero-order chi connectivity index (χ0) is 12.1. The van der Waals surface area contributed by atoms with Gasteiger partial charge in [0, 0.05) is 5.56 Å². The largest absolute Gasteiger partial charge is 0.135 e. The van der Waals surface area contributed by atoms with Gasteiger partial charge in [0.25, 0.3) is 0 Å². The Morgan fingerprint density at radius 1 is 1.12 bits per heavy atom. The fourth-order valence-electron chi connectivity index (χ4n) is 2.59. The average molecular weight is 214 g/mol. The van der Waals surface area contributed by atoms with Crippen LogP contribution in [0.5, 0.6) is 0 Å². The van der Waals surface area contributed by atoms with Gasteiger partial charge in [-0.05, 0) is 51.0 Å². The molecule has 0 bridgehead atoms. The van der Waals surface area contributed by atoms with Crippen LogP contribution in [0.25, 0.3) is 0 Å². The van der Waals surface area contributed by atoms with E-state index >= 15 is 0 Å². The highest BCUT2D eigenvalue weighted by atomic mass is 16.5. The summed E-state index contributed by atoms with van der Waals surface area (Å²) in [6, 6.07) is 5.83. The maximum atomic E-state index is 12.3. The fraction of sp³-hybridized carbons (Fsp3) is 0.429. The van der Waals surface area contributed by atoms with E-state index in [1.54, 1.807) is 0 Å². The lowest BCUT2D eigenvalue weighted by Gasteiger charge is -2.32. The number of rotatable bonds is 0. The van der Waals surface area contributed by atoms with Crippen molar-refractivity contribution in [2.24, 2.45) is 0 Å². The van der Waals surface area contributed by atoms with Crippen molar-refractivity contribution in [3.05, 3.63) is 34.9 Å². The summed E-state index contributed by atoms with van der Waals surface area (Å²) < 4.78 is 0. The molecule has 2 heteroatoms. The second-order valence-electron chi connectivity index (χ2n) is 5.32. The van der Waals surface area contributed by atoms with E-state index in [1.165, 1.54) is 0 Å². The first kappa shape index (κ1) is 11.2. The van der Waals surface area contributed by atoms with Gasteiger partial charge >= 0.3 is 0 Å². The molecule has 0 saturated carbocycles. The fourth-order valence-corrected chi connectivity index (χ4v) is 2.59. The Balaban J connectivity index is 2.71. The van der Waals surface area contributed by atoms with Crippen molar-refractivity contribution in [2.75, 3.05) is 0 Å². The van der Waals surface area contributed by atoms with Crippen LogP contribution in [0, 0.1) is 12.3 Å². The summed E-state index contributed by atoms with van der Waals surface area (Å²) >= 11 is 0. The Morgan fingerprint density at radius 2 is 1.69 bits per heavy atom. The predicted octanol–water partition coefficient (Wildman–Crippen LogP) is 2.80. The number of fused-ring (bicyclic) bond motifs is 1. The summed E-state index contributed by atoms with van der Waals surface area (Å²) in [5, 5.41) is 13.4. The van der Waals surface area contributed by atoms with Gasteiger partial charge in [0.2, 0.25) is 0 Å². The highest BCUT2D eigenvalue weighted by Gasteiger charge is 2.49. The smallest absolute Gasteiger partial charge is 0.0699 e. The maximum absolute atomic E-state index is 12.3. The van der Waals surface area contributed by atoms with Crippen LogP contribution < -0.4 is 0 Å². The number of nitrogens with zero attached hydrogens (tertiary/aromatic N) is 1. The van der Waals surface area contributed by atoms with Crippen LogP contribution in [-0.2, 0) is 16.3 Å². The third kappa shape index (κ3) is 1.22. The second-order valence-corrected chi connectivity index (χ2v) is 5.32. The predicted molar refractivity (Wildman–Crippen MR) is 63.0 cm³/mol. The Hall–Kier alpha value is -1.30. The summed E-state index contributed by atoms with van der Waals surface area (Å²) in [4.78, 5) is 0. The van der Waals surface area contributed by atoms with Gasteiger partial charge in [-0.2, -0.15) is 0 Å². The van der Waals surface area contributed by atoms with Crippen LogP contribution in [-0.4, -0.2) is 5.06 Å². The van der Waals surface area contributed by atoms with Crippen LogP contribution in [0.2, 0.25) is 0 Å². The van der Waals surface area contributed by atoms with E-state index in [1.807, 2.05) is 45.9 Å². The molecular formula is C14H16NO. The Bertz CT molecular complexity index is 480. The number of terminal acetylenes is 1. The summed E-state index contributed by atoms with van der Waals surface area (Å²) in [6.07, 6.45) is 5.39. The number of benzene rings is 1. The molecule has 1 aromatic carbocycles. The molecule has 0 fully saturated rings. The lowest BCUT2D eigenvalue weighted by molar-refractivity contribution is -0.266. The summed E-state index contributed by atoms with van der Waals surface area (Å²) in [6.45, 7) is 7.77. The van der Waals surface area contributed by atoms with Gasteiger partial charge in [0.05, 0.1) is 11.1 Å². The van der Waals surface area contributed by atoms with E-state index < -0.39 is 11.1 Å². The molecule has 0 unspecified atom stereocenters. The molecule has 0 aliphatic carbocycles. The molecule has 16 heavy (non-hydrogen) atoms. The van der Waals surface area contributed by atoms with Gasteiger partial charge < -0.3 is 0 Å². The van der Waals surface area contributed by atoms with Crippen molar-refractivity contribution in [3.8, 4) is 12.3 Å². The summed E-state index contributed by atoms with van der Waals surface area (Å²) in [5.74, 6) is 2.62. The molecule has 1 heterocycles. The average Bonchev–Trinajstić information content (AvgIpc) is 2.38. The molecule has 0 spiro atoms. The highest BCUT2D eigenvalue weighted by Crippen LogP contribution is 2.48. The highest BCUT2D eigenvalue weighted by molar-refractivity contribution is 5.48. The third-order valence-electron chi connectivity index (χ3n) is 3.52. The van der Waals surface area contributed by atoms with Crippen LogP contribution in [0.15, 0.2) is 18.2 Å². The van der Waals surface area contributed by atoms with Gasteiger partial charge in [-0.25, -0.2) is 0 Å². The molecule has 1 radical (unpaired) electrons. The molecule has 0 N–H and O–H groups in total. The molecule has 0 saturated heterocycles. The van der Waals surface area contributed by atoms with Crippen molar-refractivity contribution in [1.29, 1.82) is 0 Å². The molecule has 0 amide bonds. The van der Waals surface area contributed by atoms with Crippen molar-refractivity contribution in [1.82, 2.24) is 5.06 Å². The van der Waals surface area contributed by atoms with Gasteiger partial charge in [-0.15, -0.1) is 16.7 Å². The molecular weight excluding hydrogens is 198 g/mol. The molecule has 2 rings (SSSR count). The van der Waals surface area contributed by atoms with Crippen molar-refractivity contribution >= 4 is 0 Å². The monoisotopic (exact) mass is 214 g/mol. The normalized spacial score (nSPS) is 21.5. The van der Waals surface area contributed by atoms with Gasteiger partial charge in [0.1, 0.15) is 0 Å². The van der Waals surface area contributed by atoms with Crippen LogP contribution in [0.3, 0.4) is 0 Å². The Labute approximate surface area is 96.9 Å². The van der Waals surface area contributed by atoms with Crippen molar-refractivity contribution in [3.63, 3.8) is 0 Å². The topological polar surface area (TPSA) is 23.1 Å². The molecule has 2 nitrogen and oxygen atoms in total. The SMILES string of the molecule is C#Cc1ccc2c(c1)C(C)(C)N([O])C2(C)C. The van der Waals surface area contributed by atoms with Gasteiger partial charge in [0.15, 0.2) is 0 Å². The third-order valence-corrected chi connectivity index (χ3v) is 3.52. The minimum absolute atomic E-state index is 0.480. The minimum atomic E-state index is -0.508. The zero-order valence-corrected chi connectivity index (χ0v) is 10.2. The van der Waals surface area contributed by atoms with E-state index in [9.17, 15) is 5.21 Å². The summed E-state index contributed by atoms with van der Waals surface area (Å²) in [5.41, 5.74) is 1.96. The van der Waals surface area contributed by atoms with Crippen molar-refractivity contribution in [2.45, 2.75) is 38.8 Å². The zero-order valence-electron chi connectivity index (χ0n) is 10.2. The van der Waals surface area contributed by atoms with Gasteiger partial charge in [-0.3, -0.25) is 0 Å². The van der Waals surface area contributed by atoms with E-state index in [-0.39, 0.29) is 0 Å². The van der Waals surface area contributed by atoms with Crippen LogP contribution in [0.1, 0.15) is 44.4 Å². The maximum Gasteiger partial charge on any atom is 0.0699 e. The second kappa shape index (κ2) is 3.10. The minimum Gasteiger partial charge on any atom is -0.135 e. The van der Waals surface area contributed by atoms with Crippen LogP contribution in [0.4, 0.5) is 0 Å². The first-order valence-electron chi connectivity index (χ1n) is 5.41. The molecule has 1 aliphatic heterocycles.